The summed E-state index contributed by atoms with van der Waals surface area (Å²) in [6, 6.07) is 5.17. The third kappa shape index (κ3) is 3.21. The second-order valence-electron chi connectivity index (χ2n) is 3.60. The highest BCUT2D eigenvalue weighted by atomic mass is 79.9. The smallest absolute Gasteiger partial charge is 0.339 e. The van der Waals surface area contributed by atoms with Gasteiger partial charge in [0, 0.05) is 10.7 Å². The van der Waals surface area contributed by atoms with Crippen LogP contribution in [0.25, 0.3) is 0 Å². The molecule has 0 fully saturated rings. The Morgan fingerprint density at radius 2 is 2.16 bits per heavy atom. The van der Waals surface area contributed by atoms with E-state index in [-0.39, 0.29) is 16.4 Å². The molecule has 2 N–H and O–H groups in total. The molecule has 2 rings (SSSR count). The van der Waals surface area contributed by atoms with Gasteiger partial charge in [0.2, 0.25) is 0 Å². The summed E-state index contributed by atoms with van der Waals surface area (Å²) in [5.41, 5.74) is 0.357. The third-order valence-corrected chi connectivity index (χ3v) is 3.02. The van der Waals surface area contributed by atoms with Crippen molar-refractivity contribution in [1.82, 2.24) is 4.98 Å². The van der Waals surface area contributed by atoms with Crippen LogP contribution >= 0.6 is 27.5 Å². The summed E-state index contributed by atoms with van der Waals surface area (Å²) in [7, 11) is 0. The Morgan fingerprint density at radius 1 is 1.42 bits per heavy atom. The lowest BCUT2D eigenvalue weighted by molar-refractivity contribution is 0.0697. The number of pyridine rings is 1. The van der Waals surface area contributed by atoms with E-state index in [9.17, 15) is 9.18 Å². The number of hydrogen-bond acceptors (Lipinski definition) is 3. The minimum atomic E-state index is -1.13. The first kappa shape index (κ1) is 13.8. The summed E-state index contributed by atoms with van der Waals surface area (Å²) >= 11 is 9.00. The van der Waals surface area contributed by atoms with Crippen LogP contribution in [0.3, 0.4) is 0 Å². The predicted octanol–water partition coefficient (Wildman–Crippen LogP) is 4.08. The average Bonchev–Trinajstić information content (AvgIpc) is 2.34. The number of carboxylic acid groups (broad SMARTS) is 1. The van der Waals surface area contributed by atoms with Crippen molar-refractivity contribution in [2.45, 2.75) is 0 Å². The molecule has 19 heavy (non-hydrogen) atoms. The van der Waals surface area contributed by atoms with E-state index < -0.39 is 11.8 Å². The average molecular weight is 346 g/mol. The number of anilines is 2. The minimum absolute atomic E-state index is 0.0187. The first-order valence-corrected chi connectivity index (χ1v) is 6.25. The lowest BCUT2D eigenvalue weighted by Gasteiger charge is -2.10. The Kier molecular flexibility index (Phi) is 4.01. The quantitative estimate of drug-likeness (QED) is 0.880. The van der Waals surface area contributed by atoms with Crippen LogP contribution < -0.4 is 5.32 Å². The number of carboxylic acids is 1. The fraction of sp³-hybridized carbons (Fsp3) is 0. The molecule has 7 heteroatoms. The molecule has 1 aromatic heterocycles. The van der Waals surface area contributed by atoms with E-state index >= 15 is 0 Å². The molecule has 4 nitrogen and oxygen atoms in total. The maximum atomic E-state index is 12.9. The number of benzene rings is 1. The van der Waals surface area contributed by atoms with E-state index in [0.29, 0.717) is 10.2 Å². The van der Waals surface area contributed by atoms with E-state index in [1.807, 2.05) is 0 Å². The Labute approximate surface area is 121 Å². The topological polar surface area (TPSA) is 62.2 Å². The predicted molar refractivity (Wildman–Crippen MR) is 73.6 cm³/mol. The summed E-state index contributed by atoms with van der Waals surface area (Å²) in [5.74, 6) is -1.48. The molecule has 0 aliphatic rings. The molecule has 1 heterocycles. The molecule has 98 valence electrons. The number of nitrogens with one attached hydrogen (secondary N) is 1. The molecule has 0 saturated heterocycles. The van der Waals surface area contributed by atoms with Crippen molar-refractivity contribution in [3.63, 3.8) is 0 Å². The van der Waals surface area contributed by atoms with Crippen LogP contribution in [0, 0.1) is 5.82 Å². The Balaban J connectivity index is 2.40. The van der Waals surface area contributed by atoms with Gasteiger partial charge in [0.15, 0.2) is 0 Å². The molecule has 2 aromatic rings. The first-order valence-electron chi connectivity index (χ1n) is 5.08. The van der Waals surface area contributed by atoms with Crippen molar-refractivity contribution in [1.29, 1.82) is 0 Å². The van der Waals surface area contributed by atoms with Gasteiger partial charge in [-0.1, -0.05) is 11.6 Å². The molecule has 0 bridgehead atoms. The van der Waals surface area contributed by atoms with Gasteiger partial charge < -0.3 is 10.4 Å². The van der Waals surface area contributed by atoms with Crippen molar-refractivity contribution >= 4 is 45.0 Å². The number of hydrogen-bond donors (Lipinski definition) is 2. The van der Waals surface area contributed by atoms with Gasteiger partial charge in [0.05, 0.1) is 10.7 Å². The van der Waals surface area contributed by atoms with Gasteiger partial charge >= 0.3 is 5.97 Å². The zero-order valence-corrected chi connectivity index (χ0v) is 11.7. The van der Waals surface area contributed by atoms with Crippen LogP contribution in [0.2, 0.25) is 5.02 Å². The molecular formula is C12H7BrClFN2O2. The van der Waals surface area contributed by atoms with E-state index in [1.54, 1.807) is 0 Å². The summed E-state index contributed by atoms with van der Waals surface area (Å²) in [5, 5.41) is 12.0. The molecule has 0 aliphatic heterocycles. The van der Waals surface area contributed by atoms with Crippen LogP contribution in [0.4, 0.5) is 15.9 Å². The molecule has 0 spiro atoms. The van der Waals surface area contributed by atoms with Crippen LogP contribution in [0.5, 0.6) is 0 Å². The first-order chi connectivity index (χ1) is 8.97. The van der Waals surface area contributed by atoms with Crippen molar-refractivity contribution < 1.29 is 14.3 Å². The highest BCUT2D eigenvalue weighted by Gasteiger charge is 2.13. The molecular weight excluding hydrogens is 338 g/mol. The van der Waals surface area contributed by atoms with Crippen LogP contribution in [0.1, 0.15) is 10.4 Å². The zero-order valence-electron chi connectivity index (χ0n) is 9.32. The Bertz CT molecular complexity index is 652. The number of carbonyl (C=O) groups is 1. The van der Waals surface area contributed by atoms with Gasteiger partial charge in [-0.25, -0.2) is 14.2 Å². The minimum Gasteiger partial charge on any atom is -0.478 e. The fourth-order valence-corrected chi connectivity index (χ4v) is 1.97. The number of halogens is 3. The monoisotopic (exact) mass is 344 g/mol. The number of rotatable bonds is 3. The van der Waals surface area contributed by atoms with Crippen molar-refractivity contribution in [3.8, 4) is 0 Å². The third-order valence-electron chi connectivity index (χ3n) is 2.27. The summed E-state index contributed by atoms with van der Waals surface area (Å²) in [4.78, 5) is 15.1. The highest BCUT2D eigenvalue weighted by molar-refractivity contribution is 9.10. The number of nitrogens with zero attached hydrogens (tertiary/aromatic N) is 1. The van der Waals surface area contributed by atoms with Crippen molar-refractivity contribution in [2.75, 3.05) is 5.32 Å². The van der Waals surface area contributed by atoms with Crippen LogP contribution in [-0.2, 0) is 0 Å². The second-order valence-corrected chi connectivity index (χ2v) is 4.93. The SMILES string of the molecule is O=C(O)c1cc(Br)cnc1Nc1ccc(F)cc1Cl. The van der Waals surface area contributed by atoms with Crippen LogP contribution in [-0.4, -0.2) is 16.1 Å². The van der Waals surface area contributed by atoms with Crippen molar-refractivity contribution in [2.24, 2.45) is 0 Å². The van der Waals surface area contributed by atoms with E-state index in [4.69, 9.17) is 16.7 Å². The van der Waals surface area contributed by atoms with Gasteiger partial charge in [0.25, 0.3) is 0 Å². The van der Waals surface area contributed by atoms with Gasteiger partial charge in [-0.3, -0.25) is 0 Å². The zero-order chi connectivity index (χ0) is 14.0. The molecule has 0 saturated carbocycles. The maximum Gasteiger partial charge on any atom is 0.339 e. The normalized spacial score (nSPS) is 10.3. The van der Waals surface area contributed by atoms with Gasteiger partial charge in [-0.2, -0.15) is 0 Å². The largest absolute Gasteiger partial charge is 0.478 e. The van der Waals surface area contributed by atoms with Gasteiger partial charge in [0.1, 0.15) is 17.2 Å². The Hall–Kier alpha value is -1.66. The van der Waals surface area contributed by atoms with E-state index in [2.05, 4.69) is 26.2 Å². The Morgan fingerprint density at radius 3 is 2.79 bits per heavy atom. The fourth-order valence-electron chi connectivity index (χ4n) is 1.42. The maximum absolute atomic E-state index is 12.9. The number of aromatic nitrogens is 1. The summed E-state index contributed by atoms with van der Waals surface area (Å²) in [6.45, 7) is 0. The summed E-state index contributed by atoms with van der Waals surface area (Å²) in [6.07, 6.45) is 1.45. The van der Waals surface area contributed by atoms with Gasteiger partial charge in [-0.05, 0) is 40.2 Å². The molecule has 0 aliphatic carbocycles. The van der Waals surface area contributed by atoms with Gasteiger partial charge in [-0.15, -0.1) is 0 Å². The molecule has 0 atom stereocenters. The molecule has 0 amide bonds. The van der Waals surface area contributed by atoms with Crippen LogP contribution in [0.15, 0.2) is 34.9 Å². The summed E-state index contributed by atoms with van der Waals surface area (Å²) < 4.78 is 13.5. The van der Waals surface area contributed by atoms with Crippen molar-refractivity contribution in [3.05, 3.63) is 51.3 Å². The molecule has 1 aromatic carbocycles. The second kappa shape index (κ2) is 5.54. The van der Waals surface area contributed by atoms with E-state index in [1.165, 1.54) is 24.4 Å². The lowest BCUT2D eigenvalue weighted by atomic mass is 10.2. The standard InChI is InChI=1S/C12H7BrClFN2O2/c13-6-3-8(12(18)19)11(16-5-6)17-10-2-1-7(15)4-9(10)14/h1-5H,(H,16,17)(H,18,19). The highest BCUT2D eigenvalue weighted by Crippen LogP contribution is 2.27. The molecule has 0 radical (unpaired) electrons. The lowest BCUT2D eigenvalue weighted by Crippen LogP contribution is -2.05. The number of aromatic carboxylic acids is 1. The van der Waals surface area contributed by atoms with E-state index in [0.717, 1.165) is 6.07 Å². The molecule has 0 unspecified atom stereocenters.